The lowest BCUT2D eigenvalue weighted by Gasteiger charge is -2.52. The highest BCUT2D eigenvalue weighted by Gasteiger charge is 2.61. The summed E-state index contributed by atoms with van der Waals surface area (Å²) in [7, 11) is 0. The zero-order valence-electron chi connectivity index (χ0n) is 21.9. The van der Waals surface area contributed by atoms with E-state index in [4.69, 9.17) is 4.98 Å². The highest BCUT2D eigenvalue weighted by atomic mass is 16.3. The minimum Gasteiger partial charge on any atom is -0.385 e. The fourth-order valence-electron chi connectivity index (χ4n) is 8.47. The predicted octanol–water partition coefficient (Wildman–Crippen LogP) is 5.55. The van der Waals surface area contributed by atoms with Gasteiger partial charge in [0, 0.05) is 47.7 Å². The van der Waals surface area contributed by atoms with Crippen molar-refractivity contribution in [3.63, 3.8) is 0 Å². The number of benzene rings is 2. The Morgan fingerprint density at radius 2 is 2.00 bits per heavy atom. The molecule has 38 heavy (non-hydrogen) atoms. The Morgan fingerprint density at radius 1 is 1.13 bits per heavy atom. The lowest BCUT2D eigenvalue weighted by molar-refractivity contribution is -0.0204. The number of aryl methyl sites for hydroxylation is 1. The number of rotatable bonds is 5. The molecule has 4 unspecified atom stereocenters. The van der Waals surface area contributed by atoms with Crippen LogP contribution >= 0.6 is 0 Å². The smallest absolute Gasteiger partial charge is 0.254 e. The van der Waals surface area contributed by atoms with Crippen molar-refractivity contribution in [1.29, 1.82) is 0 Å². The van der Waals surface area contributed by atoms with Crippen molar-refractivity contribution in [1.82, 2.24) is 19.0 Å². The highest BCUT2D eigenvalue weighted by molar-refractivity contribution is 6.00. The first kappa shape index (κ1) is 21.8. The molecule has 2 aromatic heterocycles. The van der Waals surface area contributed by atoms with Crippen LogP contribution in [0.15, 0.2) is 42.5 Å². The number of hydrogen-bond acceptors (Lipinski definition) is 3. The Kier molecular flexibility index (Phi) is 4.18. The van der Waals surface area contributed by atoms with Crippen molar-refractivity contribution in [3.8, 4) is 11.5 Å². The van der Waals surface area contributed by atoms with Gasteiger partial charge in [-0.25, -0.2) is 4.98 Å². The van der Waals surface area contributed by atoms with Gasteiger partial charge in [-0.3, -0.25) is 4.79 Å². The van der Waals surface area contributed by atoms with E-state index in [1.807, 2.05) is 19.1 Å². The molecule has 0 radical (unpaired) electrons. The number of para-hydroxylation sites is 1. The summed E-state index contributed by atoms with van der Waals surface area (Å²) in [5.41, 5.74) is 4.88. The van der Waals surface area contributed by atoms with E-state index in [1.165, 1.54) is 36.6 Å². The molecule has 9 rings (SSSR count). The summed E-state index contributed by atoms with van der Waals surface area (Å²) in [4.78, 5) is 21.3. The molecule has 0 spiro atoms. The lowest BCUT2D eigenvalue weighted by atomic mass is 9.53. The number of aliphatic hydroxyl groups is 1. The van der Waals surface area contributed by atoms with Gasteiger partial charge in [-0.15, -0.1) is 0 Å². The van der Waals surface area contributed by atoms with Crippen molar-refractivity contribution in [2.45, 2.75) is 70.2 Å². The number of carbonyl (C=O) groups excluding carboxylic acids is 1. The molecule has 194 valence electrons. The third-order valence-corrected chi connectivity index (χ3v) is 10.9. The fraction of sp³-hybridized carbons (Fsp3) is 0.500. The maximum absolute atomic E-state index is 13.9. The largest absolute Gasteiger partial charge is 0.385 e. The van der Waals surface area contributed by atoms with Crippen LogP contribution in [0, 0.1) is 23.7 Å². The molecule has 3 saturated carbocycles. The van der Waals surface area contributed by atoms with E-state index in [9.17, 15) is 9.90 Å². The van der Waals surface area contributed by atoms with E-state index in [0.717, 1.165) is 65.5 Å². The second-order valence-electron chi connectivity index (χ2n) is 12.8. The first-order valence-electron chi connectivity index (χ1n) is 14.7. The van der Waals surface area contributed by atoms with Gasteiger partial charge in [0.05, 0.1) is 22.3 Å². The minimum atomic E-state index is -0.936. The number of nitrogens with zero attached hydrogens (tertiary/aromatic N) is 4. The predicted molar refractivity (Wildman–Crippen MR) is 147 cm³/mol. The zero-order valence-corrected chi connectivity index (χ0v) is 21.9. The number of likely N-dealkylation sites (tertiary alicyclic amines) is 1. The summed E-state index contributed by atoms with van der Waals surface area (Å²) in [5, 5.41) is 13.0. The standard InChI is InChI=1S/C32H34N4O2/c1-2-32(38)9-10-34-29-23(32)12-21(31(37)36-17-22-11-20-15-26(36)28(20)22)13-24(29)33-30(34)27-14-19-5-3-4-6-25(19)35(27)16-18-7-8-18/h3-6,12-14,18,20,22,26,28,38H,2,7-11,15-17H2,1H3/t20?,22?,26?,28-,32?/m1/s1. The van der Waals surface area contributed by atoms with Crippen molar-refractivity contribution < 1.29 is 9.90 Å². The first-order valence-corrected chi connectivity index (χ1v) is 14.7. The van der Waals surface area contributed by atoms with Gasteiger partial charge in [0.2, 0.25) is 0 Å². The van der Waals surface area contributed by atoms with Gasteiger partial charge in [-0.1, -0.05) is 25.1 Å². The molecule has 4 heterocycles. The van der Waals surface area contributed by atoms with Crippen LogP contribution in [0.5, 0.6) is 0 Å². The summed E-state index contributed by atoms with van der Waals surface area (Å²) < 4.78 is 4.77. The van der Waals surface area contributed by atoms with Gasteiger partial charge < -0.3 is 19.1 Å². The van der Waals surface area contributed by atoms with Crippen LogP contribution in [0.3, 0.4) is 0 Å². The third-order valence-electron chi connectivity index (χ3n) is 10.9. The average Bonchev–Trinajstić information content (AvgIpc) is 3.56. The number of fused-ring (bicyclic) bond motifs is 1. The number of carbonyl (C=O) groups is 1. The molecule has 1 amide bonds. The number of imidazole rings is 1. The molecule has 4 aromatic rings. The number of aromatic nitrogens is 3. The van der Waals surface area contributed by atoms with Crippen molar-refractivity contribution >= 4 is 27.8 Å². The van der Waals surface area contributed by atoms with Gasteiger partial charge in [0.25, 0.3) is 5.91 Å². The van der Waals surface area contributed by atoms with Crippen LogP contribution in [0.1, 0.15) is 61.4 Å². The number of hydrogen-bond donors (Lipinski definition) is 1. The Balaban J connectivity index is 1.22. The van der Waals surface area contributed by atoms with Crippen LogP contribution < -0.4 is 0 Å². The summed E-state index contributed by atoms with van der Waals surface area (Å²) in [5.74, 6) is 4.13. The lowest BCUT2D eigenvalue weighted by Crippen LogP contribution is -2.53. The summed E-state index contributed by atoms with van der Waals surface area (Å²) in [6, 6.07) is 15.3. The fourth-order valence-corrected chi connectivity index (χ4v) is 8.47. The van der Waals surface area contributed by atoms with E-state index >= 15 is 0 Å². The van der Waals surface area contributed by atoms with Crippen LogP contribution in [-0.2, 0) is 18.7 Å². The van der Waals surface area contributed by atoms with Crippen molar-refractivity contribution in [2.75, 3.05) is 6.54 Å². The molecular weight excluding hydrogens is 472 g/mol. The van der Waals surface area contributed by atoms with Gasteiger partial charge in [-0.05, 0) is 86.5 Å². The Bertz CT molecular complexity index is 1660. The summed E-state index contributed by atoms with van der Waals surface area (Å²) in [6.45, 7) is 4.69. The Hall–Kier alpha value is -3.12. The minimum absolute atomic E-state index is 0.129. The van der Waals surface area contributed by atoms with Gasteiger partial charge in [-0.2, -0.15) is 0 Å². The zero-order chi connectivity index (χ0) is 25.3. The molecule has 2 aliphatic heterocycles. The van der Waals surface area contributed by atoms with E-state index in [0.29, 0.717) is 30.4 Å². The Labute approximate surface area is 222 Å². The molecule has 4 fully saturated rings. The molecule has 6 nitrogen and oxygen atoms in total. The topological polar surface area (TPSA) is 63.3 Å². The average molecular weight is 507 g/mol. The van der Waals surface area contributed by atoms with Gasteiger partial charge >= 0.3 is 0 Å². The molecule has 1 N–H and O–H groups in total. The van der Waals surface area contributed by atoms with Crippen molar-refractivity contribution in [3.05, 3.63) is 53.6 Å². The number of amides is 1. The molecular formula is C32H34N4O2. The van der Waals surface area contributed by atoms with Gasteiger partial charge in [0.1, 0.15) is 0 Å². The van der Waals surface area contributed by atoms with E-state index in [2.05, 4.69) is 44.4 Å². The highest BCUT2D eigenvalue weighted by Crippen LogP contribution is 2.61. The second kappa shape index (κ2) is 7.29. The normalized spacial score (nSPS) is 30.9. The summed E-state index contributed by atoms with van der Waals surface area (Å²) in [6.07, 6.45) is 6.32. The maximum Gasteiger partial charge on any atom is 0.254 e. The first-order chi connectivity index (χ1) is 18.5. The third kappa shape index (κ3) is 2.77. The van der Waals surface area contributed by atoms with Crippen LogP contribution in [0.2, 0.25) is 0 Å². The molecule has 0 bridgehead atoms. The van der Waals surface area contributed by atoms with E-state index in [-0.39, 0.29) is 5.91 Å². The van der Waals surface area contributed by atoms with Crippen LogP contribution in [0.25, 0.3) is 33.5 Å². The molecule has 1 saturated heterocycles. The Morgan fingerprint density at radius 3 is 2.79 bits per heavy atom. The molecule has 6 heteroatoms. The monoisotopic (exact) mass is 506 g/mol. The second-order valence-corrected chi connectivity index (χ2v) is 12.8. The van der Waals surface area contributed by atoms with E-state index in [1.54, 1.807) is 0 Å². The van der Waals surface area contributed by atoms with Crippen molar-refractivity contribution in [2.24, 2.45) is 23.7 Å². The van der Waals surface area contributed by atoms with Crippen LogP contribution in [0.4, 0.5) is 0 Å². The van der Waals surface area contributed by atoms with Crippen LogP contribution in [-0.4, -0.2) is 42.6 Å². The molecule has 3 aliphatic carbocycles. The summed E-state index contributed by atoms with van der Waals surface area (Å²) >= 11 is 0. The SMILES string of the molecule is CCC1(O)CCn2c(-c3cc4ccccc4n3CC3CC3)nc3cc(C(=O)N4CC5CC6CC4[C@H]65)cc1c32. The van der Waals surface area contributed by atoms with E-state index < -0.39 is 5.60 Å². The molecule has 5 atom stereocenters. The molecule has 2 aromatic carbocycles. The molecule has 5 aliphatic rings. The maximum atomic E-state index is 13.9. The van der Waals surface area contributed by atoms with Gasteiger partial charge in [0.15, 0.2) is 5.82 Å². The quantitative estimate of drug-likeness (QED) is 0.386.